The van der Waals surface area contributed by atoms with E-state index < -0.39 is 200 Å². The molecule has 32 atom stereocenters. The molecule has 0 unspecified atom stereocenters. The molecule has 4 saturated carbocycles. The average molecular weight is 1220 g/mol. The van der Waals surface area contributed by atoms with E-state index >= 15 is 4.79 Å². The van der Waals surface area contributed by atoms with Gasteiger partial charge in [0.1, 0.15) is 104 Å². The Balaban J connectivity index is 0.841. The monoisotopic (exact) mass is 1220 g/mol. The number of carboxylic acids is 1. The van der Waals surface area contributed by atoms with Crippen LogP contribution in [0.2, 0.25) is 0 Å². The maximum atomic E-state index is 15.2. The zero-order chi connectivity index (χ0) is 62.0. The molecule has 486 valence electrons. The van der Waals surface area contributed by atoms with Crippen LogP contribution in [0.5, 0.6) is 0 Å². The molecule has 9 fully saturated rings. The van der Waals surface area contributed by atoms with Gasteiger partial charge in [0.2, 0.25) is 6.29 Å². The van der Waals surface area contributed by atoms with Crippen molar-refractivity contribution in [2.24, 2.45) is 50.2 Å². The van der Waals surface area contributed by atoms with Gasteiger partial charge in [0.15, 0.2) is 25.2 Å². The number of carboxylic acid groups (broad SMARTS) is 1. The van der Waals surface area contributed by atoms with Gasteiger partial charge in [-0.1, -0.05) is 46.3 Å². The van der Waals surface area contributed by atoms with Crippen molar-refractivity contribution < 1.29 is 134 Å². The van der Waals surface area contributed by atoms with Gasteiger partial charge in [-0.15, -0.1) is 0 Å². The third-order valence-corrected chi connectivity index (χ3v) is 23.0. The molecule has 0 radical (unpaired) electrons. The minimum Gasteiger partial charge on any atom is -0.481 e. The molecule has 10 aliphatic rings. The van der Waals surface area contributed by atoms with E-state index in [-0.39, 0.29) is 61.6 Å². The van der Waals surface area contributed by atoms with Crippen molar-refractivity contribution in [2.75, 3.05) is 26.4 Å². The fourth-order valence-electron chi connectivity index (χ4n) is 17.3. The number of allylic oxidation sites excluding steroid dienone is 2. The molecule has 27 heteroatoms. The lowest BCUT2D eigenvalue weighted by Gasteiger charge is -2.71. The fraction of sp³-hybridized carbons (Fsp3) is 0.931. The Bertz CT molecular complexity index is 2420. The number of aliphatic carboxylic acids is 1. The third-order valence-electron chi connectivity index (χ3n) is 23.0. The summed E-state index contributed by atoms with van der Waals surface area (Å²) < 4.78 is 59.0. The smallest absolute Gasteiger partial charge is 0.315 e. The van der Waals surface area contributed by atoms with Gasteiger partial charge in [-0.3, -0.25) is 9.59 Å². The number of carbonyl (C=O) groups excluding carboxylic acids is 1. The van der Waals surface area contributed by atoms with E-state index in [4.69, 9.17) is 47.4 Å². The van der Waals surface area contributed by atoms with Crippen LogP contribution in [-0.2, 0) is 57.0 Å². The Morgan fingerprint density at radius 2 is 1.18 bits per heavy atom. The van der Waals surface area contributed by atoms with Crippen molar-refractivity contribution in [1.29, 1.82) is 0 Å². The van der Waals surface area contributed by atoms with E-state index in [0.717, 1.165) is 24.8 Å². The summed E-state index contributed by atoms with van der Waals surface area (Å²) in [6.45, 7) is 12.2. The van der Waals surface area contributed by atoms with Crippen molar-refractivity contribution in [1.82, 2.24) is 0 Å². The Hall–Kier alpha value is -2.24. The van der Waals surface area contributed by atoms with Crippen molar-refractivity contribution in [3.8, 4) is 0 Å². The lowest BCUT2D eigenvalue weighted by molar-refractivity contribution is -0.361. The molecular weight excluding hydrogens is 1130 g/mol. The van der Waals surface area contributed by atoms with E-state index in [1.54, 1.807) is 6.92 Å². The van der Waals surface area contributed by atoms with E-state index in [2.05, 4.69) is 40.7 Å². The van der Waals surface area contributed by atoms with Gasteiger partial charge in [0, 0.05) is 0 Å². The van der Waals surface area contributed by atoms with Crippen molar-refractivity contribution in [3.05, 3.63) is 11.6 Å². The highest BCUT2D eigenvalue weighted by molar-refractivity contribution is 5.81. The summed E-state index contributed by atoms with van der Waals surface area (Å²) in [5.74, 6) is -2.24. The molecule has 5 aliphatic heterocycles. The number of ether oxygens (including phenoxy) is 10. The van der Waals surface area contributed by atoms with Crippen LogP contribution in [-0.4, -0.2) is 262 Å². The average Bonchev–Trinajstić information content (AvgIpc) is 0.697. The van der Waals surface area contributed by atoms with E-state index in [0.29, 0.717) is 19.3 Å². The first-order valence-corrected chi connectivity index (χ1v) is 30.2. The second-order valence-corrected chi connectivity index (χ2v) is 27.9. The number of rotatable bonds is 13. The van der Waals surface area contributed by atoms with Crippen LogP contribution in [0.3, 0.4) is 0 Å². The second kappa shape index (κ2) is 24.1. The maximum Gasteiger partial charge on any atom is 0.315 e. The SMILES string of the molecule is C[C@@H]1O[C@@H](O[C@H]2[C@H](O)[C@@H](O)[C@H](OC[C@H]3O[C@@H](OC(=O)[C@]45CC[C@@](C)(C(=O)O)C[C@H]4C4=CC[C@@H]6[C@@]7(C)CC[C@H](O[C@@H]8OC[C@H](O)[C@H](O)[C@H]8O[C@@H]8OC[C@H](O)[C@H](O)[C@H]8O)C(C)(C)[C@@H]7CC[C@@]6(C)[C@]4(C)CC5)[C@H](O)[C@@H](O)[C@@H]3O)O[C@@H]2CO)[C@H](O)[C@H](O)[C@H]1O. The predicted molar refractivity (Wildman–Crippen MR) is 284 cm³/mol. The number of carbonyl (C=O) groups is 2. The molecule has 27 nitrogen and oxygen atoms in total. The molecule has 5 heterocycles. The molecule has 0 aromatic rings. The maximum absolute atomic E-state index is 15.2. The Labute approximate surface area is 492 Å². The minimum absolute atomic E-state index is 0.0909. The number of esters is 1. The molecule has 0 amide bonds. The van der Waals surface area contributed by atoms with Gasteiger partial charge in [0.25, 0.3) is 0 Å². The van der Waals surface area contributed by atoms with E-state index in [1.165, 1.54) is 6.92 Å². The van der Waals surface area contributed by atoms with Crippen molar-refractivity contribution >= 4 is 11.9 Å². The molecule has 5 aliphatic carbocycles. The number of hydrogen-bond donors (Lipinski definition) is 15. The second-order valence-electron chi connectivity index (χ2n) is 27.9. The largest absolute Gasteiger partial charge is 0.481 e. The molecule has 10 rings (SSSR count). The summed E-state index contributed by atoms with van der Waals surface area (Å²) in [7, 11) is 0. The number of aliphatic hydroxyl groups is 14. The lowest BCUT2D eigenvalue weighted by Crippen LogP contribution is -2.66. The number of hydrogen-bond acceptors (Lipinski definition) is 26. The number of fused-ring (bicyclic) bond motifs is 7. The molecule has 15 N–H and O–H groups in total. The van der Waals surface area contributed by atoms with Crippen LogP contribution in [0.4, 0.5) is 0 Å². The summed E-state index contributed by atoms with van der Waals surface area (Å²) in [5, 5.41) is 161. The molecule has 5 saturated heterocycles. The standard InChI is InChI=1S/C58H92O27/c1-23-33(62)37(66)41(70)48(79-23)83-44-28(19-59)80-46(43(72)39(44)68)78-22-29-36(65)38(67)42(71)49(81-29)85-52(75)58-16-14-54(4,51(73)74)18-25(58)24-8-9-31-55(5)12-11-32(53(2,3)30(55)10-13-57(31,7)56(24,6)15-17-58)82-50-45(35(64)27(61)21-77-50)84-47-40(69)34(63)26(60)20-76-47/h8,23,25-50,59-72H,9-22H2,1-7H3,(H,73,74)/t23-,25-,26-,27-,28+,29+,30-,31+,32-,33-,34-,35-,36+,37+,38-,39+,40+,41+,42+,43+,44+,45+,46+,47-,48-,49-,50-,54+,55-,56+,57+,58-/m0/s1. The Morgan fingerprint density at radius 1 is 0.576 bits per heavy atom. The molecule has 0 bridgehead atoms. The minimum atomic E-state index is -1.98. The zero-order valence-corrected chi connectivity index (χ0v) is 49.2. The van der Waals surface area contributed by atoms with Gasteiger partial charge < -0.3 is 124 Å². The van der Waals surface area contributed by atoms with Crippen molar-refractivity contribution in [2.45, 2.75) is 260 Å². The Kier molecular flexibility index (Phi) is 18.6. The lowest BCUT2D eigenvalue weighted by atomic mass is 9.33. The molecule has 85 heavy (non-hydrogen) atoms. The van der Waals surface area contributed by atoms with E-state index in [1.807, 2.05) is 0 Å². The summed E-state index contributed by atoms with van der Waals surface area (Å²) in [5.41, 5.74) is -3.25. The van der Waals surface area contributed by atoms with Crippen molar-refractivity contribution in [3.63, 3.8) is 0 Å². The summed E-state index contributed by atoms with van der Waals surface area (Å²) >= 11 is 0. The van der Waals surface area contributed by atoms with Crippen LogP contribution in [0, 0.1) is 50.2 Å². The first-order valence-electron chi connectivity index (χ1n) is 30.2. The normalized spacial score (nSPS) is 54.3. The molecule has 0 aromatic heterocycles. The summed E-state index contributed by atoms with van der Waals surface area (Å²) in [4.78, 5) is 28.4. The Morgan fingerprint density at radius 3 is 1.86 bits per heavy atom. The van der Waals surface area contributed by atoms with Gasteiger partial charge in [-0.25, -0.2) is 0 Å². The van der Waals surface area contributed by atoms with Gasteiger partial charge in [-0.2, -0.15) is 0 Å². The first-order chi connectivity index (χ1) is 39.8. The highest BCUT2D eigenvalue weighted by atomic mass is 16.8. The first kappa shape index (κ1) is 65.7. The van der Waals surface area contributed by atoms with Gasteiger partial charge in [-0.05, 0) is 117 Å². The molecular formula is C58H92O27. The third kappa shape index (κ3) is 11.0. The fourth-order valence-corrected chi connectivity index (χ4v) is 17.3. The molecule has 0 aromatic carbocycles. The highest BCUT2D eigenvalue weighted by Crippen LogP contribution is 2.76. The van der Waals surface area contributed by atoms with Crippen LogP contribution in [0.25, 0.3) is 0 Å². The van der Waals surface area contributed by atoms with Crippen LogP contribution < -0.4 is 0 Å². The highest BCUT2D eigenvalue weighted by Gasteiger charge is 2.71. The topological polar surface area (TPSA) is 430 Å². The van der Waals surface area contributed by atoms with Gasteiger partial charge in [0.05, 0.1) is 49.5 Å². The van der Waals surface area contributed by atoms with Crippen LogP contribution >= 0.6 is 0 Å². The summed E-state index contributed by atoms with van der Waals surface area (Å²) in [6, 6.07) is 0. The van der Waals surface area contributed by atoms with Crippen LogP contribution in [0.1, 0.15) is 113 Å². The number of aliphatic hydroxyl groups excluding tert-OH is 14. The quantitative estimate of drug-likeness (QED) is 0.0502. The van der Waals surface area contributed by atoms with Gasteiger partial charge >= 0.3 is 11.9 Å². The zero-order valence-electron chi connectivity index (χ0n) is 49.2. The van der Waals surface area contributed by atoms with E-state index in [9.17, 15) is 81.4 Å². The molecule has 0 spiro atoms. The predicted octanol–water partition coefficient (Wildman–Crippen LogP) is -2.84. The summed E-state index contributed by atoms with van der Waals surface area (Å²) in [6.07, 6.45) is -30.5. The van der Waals surface area contributed by atoms with Crippen LogP contribution in [0.15, 0.2) is 11.6 Å².